The van der Waals surface area contributed by atoms with Crippen molar-refractivity contribution in [1.29, 1.82) is 0 Å². The Morgan fingerprint density at radius 1 is 1.42 bits per heavy atom. The molecule has 0 bridgehead atoms. The largest absolute Gasteiger partial charge is 0.375 e. The molecule has 7 nitrogen and oxygen atoms in total. The number of hydrogen-bond donors (Lipinski definition) is 1. The highest BCUT2D eigenvalue weighted by molar-refractivity contribution is 7.10. The molecule has 9 heteroatoms. The van der Waals surface area contributed by atoms with Crippen molar-refractivity contribution in [2.24, 2.45) is 0 Å². The van der Waals surface area contributed by atoms with Crippen LogP contribution in [0.1, 0.15) is 13.3 Å². The number of ether oxygens (including phenoxy) is 2. The van der Waals surface area contributed by atoms with Crippen LogP contribution in [0.4, 0.5) is 9.93 Å². The minimum Gasteiger partial charge on any atom is -0.375 e. The number of hydrogen-bond acceptors (Lipinski definition) is 6. The molecule has 0 saturated carbocycles. The van der Waals surface area contributed by atoms with Gasteiger partial charge < -0.3 is 14.4 Å². The quantitative estimate of drug-likeness (QED) is 0.845. The van der Waals surface area contributed by atoms with Crippen molar-refractivity contribution in [2.45, 2.75) is 25.0 Å². The Balaban J connectivity index is 1.45. The van der Waals surface area contributed by atoms with Crippen LogP contribution in [0.3, 0.4) is 0 Å². The fourth-order valence-electron chi connectivity index (χ4n) is 3.34. The fourth-order valence-corrected chi connectivity index (χ4v) is 4.13. The van der Waals surface area contributed by atoms with E-state index in [0.29, 0.717) is 42.3 Å². The molecular formula is C17H19ClN4O3S. The zero-order chi connectivity index (χ0) is 18.1. The first kappa shape index (κ1) is 17.7. The number of nitrogens with one attached hydrogen (secondary N) is 1. The predicted molar refractivity (Wildman–Crippen MR) is 99.7 cm³/mol. The third kappa shape index (κ3) is 3.29. The lowest BCUT2D eigenvalue weighted by atomic mass is 9.94. The monoisotopic (exact) mass is 394 g/mol. The molecule has 1 N–H and O–H groups in total. The highest BCUT2D eigenvalue weighted by Crippen LogP contribution is 2.33. The first-order chi connectivity index (χ1) is 12.6. The molecule has 2 atom stereocenters. The molecule has 0 radical (unpaired) electrons. The van der Waals surface area contributed by atoms with E-state index in [0.717, 1.165) is 23.5 Å². The van der Waals surface area contributed by atoms with Gasteiger partial charge in [0.05, 0.1) is 24.3 Å². The SMILES string of the molecule is CC1OCCC12CN(C(=O)Nc1nc(-c3ccccc3Cl)ns1)CCO2. The van der Waals surface area contributed by atoms with Crippen molar-refractivity contribution in [3.63, 3.8) is 0 Å². The smallest absolute Gasteiger partial charge is 0.323 e. The number of aromatic nitrogens is 2. The molecule has 2 saturated heterocycles. The molecule has 2 aromatic rings. The molecular weight excluding hydrogens is 376 g/mol. The molecule has 2 fully saturated rings. The van der Waals surface area contributed by atoms with Crippen molar-refractivity contribution in [1.82, 2.24) is 14.3 Å². The van der Waals surface area contributed by atoms with Crippen LogP contribution in [0, 0.1) is 0 Å². The van der Waals surface area contributed by atoms with Crippen LogP contribution >= 0.6 is 23.1 Å². The molecule has 26 heavy (non-hydrogen) atoms. The van der Waals surface area contributed by atoms with Crippen molar-refractivity contribution < 1.29 is 14.3 Å². The second kappa shape index (κ2) is 7.11. The second-order valence-electron chi connectivity index (χ2n) is 6.43. The molecule has 2 amide bonds. The number of halogens is 1. The van der Waals surface area contributed by atoms with Crippen LogP contribution < -0.4 is 5.32 Å². The molecule has 2 unspecified atom stereocenters. The lowest BCUT2D eigenvalue weighted by molar-refractivity contribution is -0.124. The summed E-state index contributed by atoms with van der Waals surface area (Å²) in [5, 5.41) is 3.86. The third-order valence-electron chi connectivity index (χ3n) is 4.89. The fraction of sp³-hybridized carbons (Fsp3) is 0.471. The highest BCUT2D eigenvalue weighted by Gasteiger charge is 2.47. The summed E-state index contributed by atoms with van der Waals surface area (Å²) in [4.78, 5) is 18.8. The molecule has 4 rings (SSSR count). The Bertz CT molecular complexity index is 817. The molecule has 1 spiro atoms. The van der Waals surface area contributed by atoms with Crippen molar-refractivity contribution in [3.8, 4) is 11.4 Å². The molecule has 0 aliphatic carbocycles. The average Bonchev–Trinajstić information content (AvgIpc) is 3.23. The number of anilines is 1. The predicted octanol–water partition coefficient (Wildman–Crippen LogP) is 3.27. The van der Waals surface area contributed by atoms with Crippen LogP contribution in [0.5, 0.6) is 0 Å². The summed E-state index contributed by atoms with van der Waals surface area (Å²) in [5.41, 5.74) is 0.340. The van der Waals surface area contributed by atoms with Crippen molar-refractivity contribution in [3.05, 3.63) is 29.3 Å². The van der Waals surface area contributed by atoms with Gasteiger partial charge in [-0.25, -0.2) is 4.79 Å². The number of rotatable bonds is 2. The standard InChI is InChI=1S/C17H19ClN4O3S/c1-11-17(6-8-24-11)10-22(7-9-25-17)16(23)20-15-19-14(21-26-15)12-4-2-3-5-13(12)18/h2-5,11H,6-10H2,1H3,(H,19,20,21,23). The molecule has 1 aromatic heterocycles. The second-order valence-corrected chi connectivity index (χ2v) is 7.59. The van der Waals surface area contributed by atoms with Crippen LogP contribution in [-0.4, -0.2) is 58.3 Å². The van der Waals surface area contributed by atoms with Crippen LogP contribution in [0.15, 0.2) is 24.3 Å². The number of morpholine rings is 1. The molecule has 3 heterocycles. The van der Waals surface area contributed by atoms with Gasteiger partial charge in [-0.1, -0.05) is 23.7 Å². The minimum atomic E-state index is -0.403. The van der Waals surface area contributed by atoms with Gasteiger partial charge in [-0.15, -0.1) is 0 Å². The summed E-state index contributed by atoms with van der Waals surface area (Å²) in [6.45, 7) is 4.21. The first-order valence-electron chi connectivity index (χ1n) is 8.47. The van der Waals surface area contributed by atoms with Gasteiger partial charge >= 0.3 is 6.03 Å². The van der Waals surface area contributed by atoms with E-state index in [9.17, 15) is 4.79 Å². The van der Waals surface area contributed by atoms with Gasteiger partial charge in [0.1, 0.15) is 5.60 Å². The Morgan fingerprint density at radius 3 is 3.04 bits per heavy atom. The van der Waals surface area contributed by atoms with E-state index in [2.05, 4.69) is 14.7 Å². The van der Waals surface area contributed by atoms with Crippen LogP contribution in [0.2, 0.25) is 5.02 Å². The number of amides is 2. The van der Waals surface area contributed by atoms with Gasteiger partial charge in [-0.05, 0) is 19.1 Å². The van der Waals surface area contributed by atoms with E-state index >= 15 is 0 Å². The van der Waals surface area contributed by atoms with E-state index in [4.69, 9.17) is 21.1 Å². The zero-order valence-electron chi connectivity index (χ0n) is 14.3. The maximum Gasteiger partial charge on any atom is 0.323 e. The third-order valence-corrected chi connectivity index (χ3v) is 5.85. The average molecular weight is 395 g/mol. The maximum atomic E-state index is 12.7. The minimum absolute atomic E-state index is 0.0218. The topological polar surface area (TPSA) is 76.6 Å². The lowest BCUT2D eigenvalue weighted by Crippen LogP contribution is -2.57. The summed E-state index contributed by atoms with van der Waals surface area (Å²) in [6.07, 6.45) is 0.777. The van der Waals surface area contributed by atoms with E-state index in [1.54, 1.807) is 11.0 Å². The zero-order valence-corrected chi connectivity index (χ0v) is 15.8. The van der Waals surface area contributed by atoms with Gasteiger partial charge in [0.15, 0.2) is 5.82 Å². The van der Waals surface area contributed by atoms with Gasteiger partial charge in [-0.2, -0.15) is 9.36 Å². The molecule has 1 aromatic carbocycles. The molecule has 2 aliphatic rings. The van der Waals surface area contributed by atoms with E-state index in [1.807, 2.05) is 25.1 Å². The highest BCUT2D eigenvalue weighted by atomic mass is 35.5. The van der Waals surface area contributed by atoms with Crippen molar-refractivity contribution in [2.75, 3.05) is 31.6 Å². The lowest BCUT2D eigenvalue weighted by Gasteiger charge is -2.41. The van der Waals surface area contributed by atoms with Crippen molar-refractivity contribution >= 4 is 34.3 Å². The Labute approximate surface area is 160 Å². The molecule has 138 valence electrons. The number of carbonyl (C=O) groups is 1. The molecule has 2 aliphatic heterocycles. The number of nitrogens with zero attached hydrogens (tertiary/aromatic N) is 3. The first-order valence-corrected chi connectivity index (χ1v) is 9.63. The normalized spacial score (nSPS) is 25.6. The summed E-state index contributed by atoms with van der Waals surface area (Å²) in [5.74, 6) is 0.507. The summed E-state index contributed by atoms with van der Waals surface area (Å²) in [7, 11) is 0. The Kier molecular flexibility index (Phi) is 4.83. The van der Waals surface area contributed by atoms with E-state index in [1.165, 1.54) is 0 Å². The number of carbonyl (C=O) groups excluding carboxylic acids is 1. The van der Waals surface area contributed by atoms with Gasteiger partial charge in [0.25, 0.3) is 0 Å². The van der Waals surface area contributed by atoms with Crippen LogP contribution in [0.25, 0.3) is 11.4 Å². The van der Waals surface area contributed by atoms with E-state index in [-0.39, 0.29) is 12.1 Å². The number of benzene rings is 1. The van der Waals surface area contributed by atoms with Gasteiger partial charge in [0.2, 0.25) is 5.13 Å². The van der Waals surface area contributed by atoms with Gasteiger partial charge in [-0.3, -0.25) is 5.32 Å². The number of urea groups is 1. The van der Waals surface area contributed by atoms with Crippen LogP contribution in [-0.2, 0) is 9.47 Å². The Morgan fingerprint density at radius 2 is 2.27 bits per heavy atom. The maximum absolute atomic E-state index is 12.7. The summed E-state index contributed by atoms with van der Waals surface area (Å²) < 4.78 is 15.9. The summed E-state index contributed by atoms with van der Waals surface area (Å²) >= 11 is 7.32. The summed E-state index contributed by atoms with van der Waals surface area (Å²) in [6, 6.07) is 7.16. The Hall–Kier alpha value is -1.74. The van der Waals surface area contributed by atoms with Gasteiger partial charge in [0, 0.05) is 36.7 Å². The van der Waals surface area contributed by atoms with E-state index < -0.39 is 5.60 Å².